The predicted molar refractivity (Wildman–Crippen MR) is 109 cm³/mol. The highest BCUT2D eigenvalue weighted by Gasteiger charge is 2.25. The third-order valence-corrected chi connectivity index (χ3v) is 5.79. The molecule has 0 unspecified atom stereocenters. The van der Waals surface area contributed by atoms with Crippen molar-refractivity contribution in [2.45, 2.75) is 52.6 Å². The van der Waals surface area contributed by atoms with Crippen molar-refractivity contribution >= 4 is 5.91 Å². The first-order valence-corrected chi connectivity index (χ1v) is 10.8. The fraction of sp³-hybridized carbons (Fsp3) is 0.682. The molecule has 0 aromatic heterocycles. The summed E-state index contributed by atoms with van der Waals surface area (Å²) in [5.41, 5.74) is 1.29. The summed E-state index contributed by atoms with van der Waals surface area (Å²) in [6, 6.07) is 6.52. The molecule has 28 heavy (non-hydrogen) atoms. The summed E-state index contributed by atoms with van der Waals surface area (Å²) in [7, 11) is 0. The number of rotatable bonds is 9. The van der Waals surface area contributed by atoms with E-state index in [-0.39, 0.29) is 11.9 Å². The van der Waals surface area contributed by atoms with Gasteiger partial charge in [-0.15, -0.1) is 0 Å². The second-order valence-electron chi connectivity index (χ2n) is 8.83. The highest BCUT2D eigenvalue weighted by molar-refractivity contribution is 5.77. The molecule has 0 radical (unpaired) electrons. The molecule has 156 valence electrons. The molecule has 1 fully saturated rings. The molecule has 2 heterocycles. The Labute approximate surface area is 169 Å². The van der Waals surface area contributed by atoms with Crippen molar-refractivity contribution in [3.05, 3.63) is 23.8 Å². The molecule has 1 saturated heterocycles. The maximum absolute atomic E-state index is 12.3. The van der Waals surface area contributed by atoms with E-state index >= 15 is 0 Å². The van der Waals surface area contributed by atoms with E-state index in [2.05, 4.69) is 38.2 Å². The van der Waals surface area contributed by atoms with Gasteiger partial charge in [-0.1, -0.05) is 26.7 Å². The number of piperazine rings is 1. The average Bonchev–Trinajstić information content (AvgIpc) is 3.10. The smallest absolute Gasteiger partial charge is 0.275 e. The largest absolute Gasteiger partial charge is 0.454 e. The van der Waals surface area contributed by atoms with E-state index in [0.29, 0.717) is 13.3 Å². The molecule has 1 aromatic rings. The SMILES string of the molecule is CC(C)CCC[C@@H](C)NC(=O)C[NH+]1CC[NH+](Cc2ccc3c(c2)OCO3)CC1. The number of hydrogen-bond donors (Lipinski definition) is 3. The molecule has 1 aromatic carbocycles. The van der Waals surface area contributed by atoms with Gasteiger partial charge in [0.1, 0.15) is 32.7 Å². The number of carbonyl (C=O) groups excluding carboxylic acids is 1. The number of nitrogens with one attached hydrogen (secondary N) is 3. The second-order valence-corrected chi connectivity index (χ2v) is 8.83. The van der Waals surface area contributed by atoms with Crippen LogP contribution in [0.15, 0.2) is 18.2 Å². The normalized spacial score (nSPS) is 22.3. The van der Waals surface area contributed by atoms with E-state index < -0.39 is 0 Å². The number of carbonyl (C=O) groups is 1. The molecule has 1 atom stereocenters. The Hall–Kier alpha value is -1.79. The van der Waals surface area contributed by atoms with Gasteiger partial charge in [0.15, 0.2) is 18.0 Å². The molecule has 0 spiro atoms. The van der Waals surface area contributed by atoms with Crippen LogP contribution in [0.25, 0.3) is 0 Å². The van der Waals surface area contributed by atoms with Gasteiger partial charge in [0.25, 0.3) is 5.91 Å². The fourth-order valence-electron chi connectivity index (χ4n) is 4.11. The Kier molecular flexibility index (Phi) is 7.57. The van der Waals surface area contributed by atoms with E-state index in [1.165, 1.54) is 23.3 Å². The van der Waals surface area contributed by atoms with Crippen LogP contribution < -0.4 is 24.6 Å². The van der Waals surface area contributed by atoms with Crippen molar-refractivity contribution in [1.82, 2.24) is 5.32 Å². The Morgan fingerprint density at radius 1 is 1.04 bits per heavy atom. The summed E-state index contributed by atoms with van der Waals surface area (Å²) < 4.78 is 10.9. The monoisotopic (exact) mass is 391 g/mol. The molecule has 2 aliphatic heterocycles. The molecule has 0 aliphatic carbocycles. The zero-order valence-electron chi connectivity index (χ0n) is 17.7. The van der Waals surface area contributed by atoms with Crippen LogP contribution in [-0.4, -0.2) is 51.5 Å². The summed E-state index contributed by atoms with van der Waals surface area (Å²) >= 11 is 0. The Morgan fingerprint density at radius 2 is 1.75 bits per heavy atom. The van der Waals surface area contributed by atoms with Crippen LogP contribution in [-0.2, 0) is 11.3 Å². The topological polar surface area (TPSA) is 56.4 Å². The second kappa shape index (κ2) is 10.1. The molecule has 0 saturated carbocycles. The first-order chi connectivity index (χ1) is 13.5. The maximum atomic E-state index is 12.3. The summed E-state index contributed by atoms with van der Waals surface area (Å²) in [6.45, 7) is 12.9. The van der Waals surface area contributed by atoms with E-state index in [9.17, 15) is 4.79 Å². The zero-order chi connectivity index (χ0) is 19.9. The third kappa shape index (κ3) is 6.38. The number of quaternary nitrogens is 2. The lowest BCUT2D eigenvalue weighted by Crippen LogP contribution is -3.28. The van der Waals surface area contributed by atoms with Crippen LogP contribution in [0.1, 0.15) is 45.6 Å². The van der Waals surface area contributed by atoms with Crippen LogP contribution in [0.4, 0.5) is 0 Å². The van der Waals surface area contributed by atoms with Crippen molar-refractivity contribution in [2.24, 2.45) is 5.92 Å². The van der Waals surface area contributed by atoms with Crippen LogP contribution in [0.5, 0.6) is 11.5 Å². The quantitative estimate of drug-likeness (QED) is 0.557. The number of benzene rings is 1. The predicted octanol–water partition coefficient (Wildman–Crippen LogP) is 0.0297. The molecular weight excluding hydrogens is 354 g/mol. The van der Waals surface area contributed by atoms with Crippen LogP contribution in [0.3, 0.4) is 0 Å². The van der Waals surface area contributed by atoms with Crippen LogP contribution >= 0.6 is 0 Å². The molecule has 6 nitrogen and oxygen atoms in total. The Morgan fingerprint density at radius 3 is 2.50 bits per heavy atom. The minimum Gasteiger partial charge on any atom is -0.454 e. The standard InChI is InChI=1S/C22H35N3O3/c1-17(2)5-4-6-18(3)23-22(26)15-25-11-9-24(10-12-25)14-19-7-8-20-21(13-19)28-16-27-20/h7-8,13,17-18H,4-6,9-12,14-16H2,1-3H3,(H,23,26)/p+2/t18-/m1/s1. The van der Waals surface area contributed by atoms with Crippen LogP contribution in [0, 0.1) is 5.92 Å². The highest BCUT2D eigenvalue weighted by atomic mass is 16.7. The minimum absolute atomic E-state index is 0.200. The molecule has 0 bridgehead atoms. The molecule has 2 aliphatic rings. The van der Waals surface area contributed by atoms with Gasteiger partial charge in [0.05, 0.1) is 0 Å². The van der Waals surface area contributed by atoms with Crippen molar-refractivity contribution in [3.63, 3.8) is 0 Å². The minimum atomic E-state index is 0.200. The first kappa shape index (κ1) is 20.9. The number of fused-ring (bicyclic) bond motifs is 1. The van der Waals surface area contributed by atoms with E-state index in [1.54, 1.807) is 4.90 Å². The average molecular weight is 392 g/mol. The van der Waals surface area contributed by atoms with Gasteiger partial charge in [-0.3, -0.25) is 4.79 Å². The van der Waals surface area contributed by atoms with Crippen LogP contribution in [0.2, 0.25) is 0 Å². The van der Waals surface area contributed by atoms with Crippen molar-refractivity contribution in [2.75, 3.05) is 39.5 Å². The highest BCUT2D eigenvalue weighted by Crippen LogP contribution is 2.32. The van der Waals surface area contributed by atoms with E-state index in [0.717, 1.165) is 56.6 Å². The molecule has 3 N–H and O–H groups in total. The van der Waals surface area contributed by atoms with Crippen molar-refractivity contribution in [3.8, 4) is 11.5 Å². The zero-order valence-corrected chi connectivity index (χ0v) is 17.7. The fourth-order valence-corrected chi connectivity index (χ4v) is 4.11. The number of amides is 1. The number of hydrogen-bond acceptors (Lipinski definition) is 3. The maximum Gasteiger partial charge on any atom is 0.275 e. The lowest BCUT2D eigenvalue weighted by molar-refractivity contribution is -1.02. The number of ether oxygens (including phenoxy) is 2. The van der Waals surface area contributed by atoms with Gasteiger partial charge >= 0.3 is 0 Å². The lowest BCUT2D eigenvalue weighted by atomic mass is 10.0. The van der Waals surface area contributed by atoms with Gasteiger partial charge in [0, 0.05) is 11.6 Å². The third-order valence-electron chi connectivity index (χ3n) is 5.79. The summed E-state index contributed by atoms with van der Waals surface area (Å²) in [6.07, 6.45) is 3.50. The molecule has 3 rings (SSSR count). The Balaban J connectivity index is 1.34. The molecule has 6 heteroatoms. The van der Waals surface area contributed by atoms with Gasteiger partial charge < -0.3 is 24.6 Å². The molecule has 1 amide bonds. The van der Waals surface area contributed by atoms with Gasteiger partial charge in [-0.2, -0.15) is 0 Å². The summed E-state index contributed by atoms with van der Waals surface area (Å²) in [4.78, 5) is 15.3. The van der Waals surface area contributed by atoms with E-state index in [4.69, 9.17) is 9.47 Å². The van der Waals surface area contributed by atoms with E-state index in [1.807, 2.05) is 6.07 Å². The summed E-state index contributed by atoms with van der Waals surface area (Å²) in [5.74, 6) is 2.65. The van der Waals surface area contributed by atoms with Gasteiger partial charge in [-0.05, 0) is 37.5 Å². The Bertz CT molecular complexity index is 642. The lowest BCUT2D eigenvalue weighted by Gasteiger charge is -2.29. The first-order valence-electron chi connectivity index (χ1n) is 10.8. The van der Waals surface area contributed by atoms with Gasteiger partial charge in [-0.25, -0.2) is 0 Å². The molecular formula is C22H37N3O3+2. The van der Waals surface area contributed by atoms with Crippen molar-refractivity contribution in [1.29, 1.82) is 0 Å². The summed E-state index contributed by atoms with van der Waals surface area (Å²) in [5, 5.41) is 3.18. The van der Waals surface area contributed by atoms with Gasteiger partial charge in [0.2, 0.25) is 6.79 Å². The van der Waals surface area contributed by atoms with Crippen molar-refractivity contribution < 1.29 is 24.1 Å².